The van der Waals surface area contributed by atoms with Crippen LogP contribution in [0.3, 0.4) is 0 Å². The zero-order valence-electron chi connectivity index (χ0n) is 11.3. The Bertz CT molecular complexity index is 647. The molecule has 0 unspecified atom stereocenters. The zero-order valence-corrected chi connectivity index (χ0v) is 11.3. The Labute approximate surface area is 118 Å². The van der Waals surface area contributed by atoms with Crippen molar-refractivity contribution in [2.75, 3.05) is 11.6 Å². The van der Waals surface area contributed by atoms with E-state index in [0.717, 1.165) is 22.5 Å². The Morgan fingerprint density at radius 3 is 2.25 bits per heavy atom. The molecule has 1 heterocycles. The lowest BCUT2D eigenvalue weighted by Crippen LogP contribution is -2.31. The molecule has 3 heteroatoms. The van der Waals surface area contributed by atoms with Gasteiger partial charge in [0.05, 0.1) is 12.2 Å². The molecular formula is C17H16N2O. The van der Waals surface area contributed by atoms with Crippen molar-refractivity contribution in [1.82, 2.24) is 5.43 Å². The van der Waals surface area contributed by atoms with Gasteiger partial charge in [0.25, 0.3) is 0 Å². The number of carbonyl (C=O) groups excluding carboxylic acids is 1. The monoisotopic (exact) mass is 264 g/mol. The van der Waals surface area contributed by atoms with Gasteiger partial charge in [-0.2, -0.15) is 0 Å². The number of nitrogens with one attached hydrogen (secondary N) is 1. The summed E-state index contributed by atoms with van der Waals surface area (Å²) in [6.45, 7) is 2.53. The molecule has 2 aromatic carbocycles. The van der Waals surface area contributed by atoms with Gasteiger partial charge in [-0.15, -0.1) is 0 Å². The van der Waals surface area contributed by atoms with Gasteiger partial charge in [-0.25, -0.2) is 0 Å². The number of carbonyl (C=O) groups is 1. The molecule has 1 N–H and O–H groups in total. The minimum atomic E-state index is 0.0917. The van der Waals surface area contributed by atoms with Crippen molar-refractivity contribution in [3.63, 3.8) is 0 Å². The summed E-state index contributed by atoms with van der Waals surface area (Å²) in [6, 6.07) is 19.4. The normalized spacial score (nSPS) is 14.3. The van der Waals surface area contributed by atoms with Gasteiger partial charge in [-0.05, 0) is 19.1 Å². The van der Waals surface area contributed by atoms with Gasteiger partial charge in [0.15, 0.2) is 5.78 Å². The molecule has 2 aromatic rings. The maximum atomic E-state index is 12.5. The van der Waals surface area contributed by atoms with Gasteiger partial charge in [0.1, 0.15) is 0 Å². The summed E-state index contributed by atoms with van der Waals surface area (Å²) in [5, 5.41) is 1.99. The lowest BCUT2D eigenvalue weighted by molar-refractivity contribution is 0.103. The average molecular weight is 264 g/mol. The van der Waals surface area contributed by atoms with E-state index in [1.165, 1.54) is 0 Å². The first-order chi connectivity index (χ1) is 9.75. The highest BCUT2D eigenvalue weighted by molar-refractivity contribution is 6.10. The number of benzene rings is 2. The van der Waals surface area contributed by atoms with Gasteiger partial charge in [0.2, 0.25) is 0 Å². The van der Waals surface area contributed by atoms with E-state index in [9.17, 15) is 4.79 Å². The van der Waals surface area contributed by atoms with Crippen LogP contribution >= 0.6 is 0 Å². The highest BCUT2D eigenvalue weighted by atomic mass is 16.1. The zero-order chi connectivity index (χ0) is 13.9. The Balaban J connectivity index is 1.82. The second-order valence-electron chi connectivity index (χ2n) is 4.83. The fourth-order valence-corrected chi connectivity index (χ4v) is 2.36. The summed E-state index contributed by atoms with van der Waals surface area (Å²) in [6.07, 6.45) is 0. The Morgan fingerprint density at radius 2 is 1.60 bits per heavy atom. The first-order valence-corrected chi connectivity index (χ1v) is 6.64. The summed E-state index contributed by atoms with van der Waals surface area (Å²) < 4.78 is 0. The molecule has 3 rings (SSSR count). The number of nitrogens with zero attached hydrogens (tertiary/aromatic N) is 1. The smallest absolute Gasteiger partial charge is 0.192 e. The number of hydrogen-bond acceptors (Lipinski definition) is 3. The molecule has 0 fully saturated rings. The number of hydrazine groups is 1. The minimum Gasteiger partial charge on any atom is -0.302 e. The Morgan fingerprint density at radius 1 is 1.00 bits per heavy atom. The number of Topliss-reactive ketones (excluding diaryl/α,β-unsaturated/α-hetero) is 1. The van der Waals surface area contributed by atoms with Crippen LogP contribution in [0.1, 0.15) is 17.3 Å². The van der Waals surface area contributed by atoms with Crippen LogP contribution in [0.15, 0.2) is 71.9 Å². The highest BCUT2D eigenvalue weighted by Gasteiger charge is 2.24. The van der Waals surface area contributed by atoms with E-state index >= 15 is 0 Å². The second kappa shape index (κ2) is 5.21. The molecule has 0 spiro atoms. The summed E-state index contributed by atoms with van der Waals surface area (Å²) in [5.74, 6) is 0.0917. The van der Waals surface area contributed by atoms with Gasteiger partial charge < -0.3 is 5.43 Å². The Kier molecular flexibility index (Phi) is 3.25. The number of anilines is 1. The molecule has 0 bridgehead atoms. The number of allylic oxidation sites excluding steroid dienone is 1. The first-order valence-electron chi connectivity index (χ1n) is 6.64. The van der Waals surface area contributed by atoms with Crippen LogP contribution in [0, 0.1) is 0 Å². The molecule has 1 aliphatic rings. The predicted molar refractivity (Wildman–Crippen MR) is 80.4 cm³/mol. The van der Waals surface area contributed by atoms with E-state index in [1.807, 2.05) is 72.6 Å². The number of hydrogen-bond donors (Lipinski definition) is 1. The topological polar surface area (TPSA) is 32.3 Å². The molecule has 1 aliphatic heterocycles. The molecule has 3 nitrogen and oxygen atoms in total. The molecule has 0 radical (unpaired) electrons. The summed E-state index contributed by atoms with van der Waals surface area (Å²) in [5.41, 5.74) is 6.79. The molecule has 0 aromatic heterocycles. The Hall–Kier alpha value is -2.55. The minimum absolute atomic E-state index is 0.0917. The molecule has 0 atom stereocenters. The van der Waals surface area contributed by atoms with E-state index in [0.29, 0.717) is 6.54 Å². The first kappa shape index (κ1) is 12.5. The van der Waals surface area contributed by atoms with Crippen LogP contribution in [0.5, 0.6) is 0 Å². The third kappa shape index (κ3) is 2.30. The van der Waals surface area contributed by atoms with Crippen molar-refractivity contribution in [3.8, 4) is 0 Å². The van der Waals surface area contributed by atoms with Crippen molar-refractivity contribution in [3.05, 3.63) is 77.5 Å². The van der Waals surface area contributed by atoms with Crippen molar-refractivity contribution >= 4 is 11.5 Å². The summed E-state index contributed by atoms with van der Waals surface area (Å²) in [4.78, 5) is 12.5. The van der Waals surface area contributed by atoms with E-state index in [-0.39, 0.29) is 5.78 Å². The standard InChI is InChI=1S/C17H16N2O/c1-13-16(17(20)14-8-4-2-5-9-14)12-19(18-13)15-10-6-3-7-11-15/h2-11,18H,12H2,1H3. The number of rotatable bonds is 3. The van der Waals surface area contributed by atoms with Crippen LogP contribution in [-0.2, 0) is 0 Å². The van der Waals surface area contributed by atoms with Crippen molar-refractivity contribution < 1.29 is 4.79 Å². The van der Waals surface area contributed by atoms with E-state index in [2.05, 4.69) is 5.43 Å². The highest BCUT2D eigenvalue weighted by Crippen LogP contribution is 2.22. The summed E-state index contributed by atoms with van der Waals surface area (Å²) >= 11 is 0. The quantitative estimate of drug-likeness (QED) is 0.864. The second-order valence-corrected chi connectivity index (χ2v) is 4.83. The third-order valence-corrected chi connectivity index (χ3v) is 3.45. The molecule has 20 heavy (non-hydrogen) atoms. The van der Waals surface area contributed by atoms with Crippen LogP contribution in [0.2, 0.25) is 0 Å². The van der Waals surface area contributed by atoms with Crippen molar-refractivity contribution in [2.45, 2.75) is 6.92 Å². The maximum Gasteiger partial charge on any atom is 0.192 e. The van der Waals surface area contributed by atoms with Crippen LogP contribution < -0.4 is 10.4 Å². The molecular weight excluding hydrogens is 248 g/mol. The SMILES string of the molecule is CC1=C(C(=O)c2ccccc2)CN(c2ccccc2)N1. The van der Waals surface area contributed by atoms with Crippen LogP contribution in [-0.4, -0.2) is 12.3 Å². The van der Waals surface area contributed by atoms with Crippen LogP contribution in [0.4, 0.5) is 5.69 Å². The van der Waals surface area contributed by atoms with E-state index < -0.39 is 0 Å². The average Bonchev–Trinajstić information content (AvgIpc) is 2.90. The molecule has 100 valence electrons. The van der Waals surface area contributed by atoms with Gasteiger partial charge in [-0.3, -0.25) is 9.80 Å². The van der Waals surface area contributed by atoms with Crippen LogP contribution in [0.25, 0.3) is 0 Å². The largest absolute Gasteiger partial charge is 0.302 e. The van der Waals surface area contributed by atoms with E-state index in [4.69, 9.17) is 0 Å². The molecule has 0 saturated heterocycles. The van der Waals surface area contributed by atoms with E-state index in [1.54, 1.807) is 0 Å². The lowest BCUT2D eigenvalue weighted by Gasteiger charge is -2.19. The fraction of sp³-hybridized carbons (Fsp3) is 0.118. The predicted octanol–water partition coefficient (Wildman–Crippen LogP) is 3.17. The summed E-state index contributed by atoms with van der Waals surface area (Å²) in [7, 11) is 0. The van der Waals surface area contributed by atoms with Gasteiger partial charge in [0, 0.05) is 16.8 Å². The maximum absolute atomic E-state index is 12.5. The van der Waals surface area contributed by atoms with Gasteiger partial charge in [-0.1, -0.05) is 48.5 Å². The number of ketones is 1. The molecule has 0 aliphatic carbocycles. The van der Waals surface area contributed by atoms with Crippen molar-refractivity contribution in [1.29, 1.82) is 0 Å². The molecule has 0 amide bonds. The molecule has 0 saturated carbocycles. The lowest BCUT2D eigenvalue weighted by atomic mass is 10.0. The van der Waals surface area contributed by atoms with Crippen molar-refractivity contribution in [2.24, 2.45) is 0 Å². The fourth-order valence-electron chi connectivity index (χ4n) is 2.36. The van der Waals surface area contributed by atoms with Gasteiger partial charge >= 0.3 is 0 Å². The third-order valence-electron chi connectivity index (χ3n) is 3.45. The number of para-hydroxylation sites is 1.